The summed E-state index contributed by atoms with van der Waals surface area (Å²) in [6.45, 7) is 13.3. The van der Waals surface area contributed by atoms with Gasteiger partial charge in [-0.15, -0.1) is 11.3 Å². The third-order valence-electron chi connectivity index (χ3n) is 3.18. The molecule has 1 rings (SSSR count). The summed E-state index contributed by atoms with van der Waals surface area (Å²) < 4.78 is 0. The highest BCUT2D eigenvalue weighted by molar-refractivity contribution is 7.12. The normalized spacial score (nSPS) is 16.9. The van der Waals surface area contributed by atoms with E-state index in [0.717, 1.165) is 6.42 Å². The first-order valence-electron chi connectivity index (χ1n) is 6.74. The van der Waals surface area contributed by atoms with E-state index in [1.165, 1.54) is 15.3 Å². The molecule has 0 aliphatic carbocycles. The number of hydrogen-bond acceptors (Lipinski definition) is 3. The van der Waals surface area contributed by atoms with Crippen LogP contribution in [0, 0.1) is 19.8 Å². The minimum Gasteiger partial charge on any atom is -0.389 e. The van der Waals surface area contributed by atoms with E-state index in [9.17, 15) is 5.11 Å². The van der Waals surface area contributed by atoms with Gasteiger partial charge in [0.15, 0.2) is 0 Å². The number of nitrogens with one attached hydrogen (secondary N) is 1. The van der Waals surface area contributed by atoms with Gasteiger partial charge in [0.2, 0.25) is 0 Å². The van der Waals surface area contributed by atoms with Crippen LogP contribution < -0.4 is 5.32 Å². The first kappa shape index (κ1) is 15.7. The molecule has 2 N–H and O–H groups in total. The van der Waals surface area contributed by atoms with E-state index >= 15 is 0 Å². The van der Waals surface area contributed by atoms with Gasteiger partial charge in [0.05, 0.1) is 5.60 Å². The predicted molar refractivity (Wildman–Crippen MR) is 80.3 cm³/mol. The molecule has 18 heavy (non-hydrogen) atoms. The van der Waals surface area contributed by atoms with E-state index in [2.05, 4.69) is 46.0 Å². The summed E-state index contributed by atoms with van der Waals surface area (Å²) in [4.78, 5) is 2.72. The molecule has 0 aliphatic heterocycles. The Morgan fingerprint density at radius 3 is 2.39 bits per heavy atom. The molecule has 1 aromatic rings. The molecule has 0 aromatic carbocycles. The second-order valence-electron chi connectivity index (χ2n) is 6.07. The van der Waals surface area contributed by atoms with Crippen molar-refractivity contribution in [2.45, 2.75) is 59.6 Å². The molecule has 2 atom stereocenters. The summed E-state index contributed by atoms with van der Waals surface area (Å²) in [5, 5.41) is 13.8. The Morgan fingerprint density at radius 2 is 1.94 bits per heavy atom. The lowest BCUT2D eigenvalue weighted by Gasteiger charge is -2.27. The van der Waals surface area contributed by atoms with Crippen molar-refractivity contribution in [3.8, 4) is 0 Å². The molecule has 0 bridgehead atoms. The molecule has 0 radical (unpaired) electrons. The third kappa shape index (κ3) is 4.71. The topological polar surface area (TPSA) is 32.3 Å². The van der Waals surface area contributed by atoms with E-state index in [1.54, 1.807) is 0 Å². The Bertz CT molecular complexity index is 382. The molecule has 104 valence electrons. The van der Waals surface area contributed by atoms with Gasteiger partial charge in [-0.25, -0.2) is 0 Å². The SMILES string of the molecule is Cc1cc(C(C)NCC(C)(O)CC(C)C)c(C)s1. The fourth-order valence-electron chi connectivity index (χ4n) is 2.51. The van der Waals surface area contributed by atoms with Gasteiger partial charge in [-0.1, -0.05) is 13.8 Å². The third-order valence-corrected chi connectivity index (χ3v) is 4.16. The molecule has 0 fully saturated rings. The van der Waals surface area contributed by atoms with Crippen molar-refractivity contribution in [2.75, 3.05) is 6.54 Å². The zero-order valence-corrected chi connectivity index (χ0v) is 13.3. The molecule has 3 heteroatoms. The summed E-state index contributed by atoms with van der Waals surface area (Å²) >= 11 is 1.84. The van der Waals surface area contributed by atoms with Crippen LogP contribution in [0.3, 0.4) is 0 Å². The summed E-state index contributed by atoms with van der Waals surface area (Å²) in [7, 11) is 0. The number of thiophene rings is 1. The minimum atomic E-state index is -0.624. The molecule has 0 aliphatic rings. The van der Waals surface area contributed by atoms with Crippen LogP contribution in [0.15, 0.2) is 6.07 Å². The smallest absolute Gasteiger partial charge is 0.0746 e. The van der Waals surface area contributed by atoms with Crippen LogP contribution in [0.2, 0.25) is 0 Å². The van der Waals surface area contributed by atoms with Gasteiger partial charge < -0.3 is 10.4 Å². The first-order valence-corrected chi connectivity index (χ1v) is 7.55. The number of hydrogen-bond donors (Lipinski definition) is 2. The Kier molecular flexibility index (Phi) is 5.38. The zero-order valence-electron chi connectivity index (χ0n) is 12.5. The average Bonchev–Trinajstić information content (AvgIpc) is 2.52. The van der Waals surface area contributed by atoms with Gasteiger partial charge in [-0.05, 0) is 51.7 Å². The zero-order chi connectivity index (χ0) is 13.9. The first-order chi connectivity index (χ1) is 8.21. The summed E-state index contributed by atoms with van der Waals surface area (Å²) in [6.07, 6.45) is 0.828. The number of rotatable bonds is 6. The largest absolute Gasteiger partial charge is 0.389 e. The maximum atomic E-state index is 10.3. The van der Waals surface area contributed by atoms with Crippen LogP contribution in [-0.2, 0) is 0 Å². The fraction of sp³-hybridized carbons (Fsp3) is 0.733. The van der Waals surface area contributed by atoms with Crippen LogP contribution in [0.1, 0.15) is 55.5 Å². The Labute approximate surface area is 115 Å². The van der Waals surface area contributed by atoms with Crippen LogP contribution >= 0.6 is 11.3 Å². The monoisotopic (exact) mass is 269 g/mol. The molecule has 1 heterocycles. The van der Waals surface area contributed by atoms with Gasteiger partial charge in [0.1, 0.15) is 0 Å². The van der Waals surface area contributed by atoms with Crippen LogP contribution in [0.25, 0.3) is 0 Å². The summed E-state index contributed by atoms with van der Waals surface area (Å²) in [5.74, 6) is 0.516. The molecule has 0 spiro atoms. The minimum absolute atomic E-state index is 0.300. The predicted octanol–water partition coefficient (Wildman–Crippen LogP) is 3.81. The summed E-state index contributed by atoms with van der Waals surface area (Å²) in [6, 6.07) is 2.54. The molecule has 0 saturated heterocycles. The van der Waals surface area contributed by atoms with E-state index in [0.29, 0.717) is 18.5 Å². The second-order valence-corrected chi connectivity index (χ2v) is 7.53. The van der Waals surface area contributed by atoms with Crippen molar-refractivity contribution < 1.29 is 5.11 Å². The highest BCUT2D eigenvalue weighted by atomic mass is 32.1. The molecule has 0 amide bonds. The average molecular weight is 269 g/mol. The molecule has 1 aromatic heterocycles. The molecule has 2 unspecified atom stereocenters. The lowest BCUT2D eigenvalue weighted by atomic mass is 9.94. The van der Waals surface area contributed by atoms with Crippen molar-refractivity contribution >= 4 is 11.3 Å². The maximum absolute atomic E-state index is 10.3. The molecule has 2 nitrogen and oxygen atoms in total. The molecular weight excluding hydrogens is 242 g/mol. The van der Waals surface area contributed by atoms with E-state index in [1.807, 2.05) is 18.3 Å². The van der Waals surface area contributed by atoms with E-state index < -0.39 is 5.60 Å². The highest BCUT2D eigenvalue weighted by Crippen LogP contribution is 2.26. The fourth-order valence-corrected chi connectivity index (χ4v) is 3.54. The Morgan fingerprint density at radius 1 is 1.33 bits per heavy atom. The van der Waals surface area contributed by atoms with E-state index in [4.69, 9.17) is 0 Å². The van der Waals surface area contributed by atoms with E-state index in [-0.39, 0.29) is 0 Å². The van der Waals surface area contributed by atoms with Crippen molar-refractivity contribution in [1.82, 2.24) is 5.32 Å². The Balaban J connectivity index is 2.55. The lowest BCUT2D eigenvalue weighted by molar-refractivity contribution is 0.0363. The van der Waals surface area contributed by atoms with Gasteiger partial charge in [0.25, 0.3) is 0 Å². The molecule has 0 saturated carbocycles. The lowest BCUT2D eigenvalue weighted by Crippen LogP contribution is -2.39. The van der Waals surface area contributed by atoms with Gasteiger partial charge in [-0.3, -0.25) is 0 Å². The number of aryl methyl sites for hydroxylation is 2. The van der Waals surface area contributed by atoms with Gasteiger partial charge >= 0.3 is 0 Å². The standard InChI is InChI=1S/C15H27NOS/c1-10(2)8-15(6,17)9-16-12(4)14-7-11(3)18-13(14)5/h7,10,12,16-17H,8-9H2,1-6H3. The maximum Gasteiger partial charge on any atom is 0.0746 e. The van der Waals surface area contributed by atoms with Crippen molar-refractivity contribution in [3.05, 3.63) is 21.4 Å². The molecular formula is C15H27NOS. The van der Waals surface area contributed by atoms with Crippen LogP contribution in [0.4, 0.5) is 0 Å². The number of aliphatic hydroxyl groups is 1. The van der Waals surface area contributed by atoms with Crippen molar-refractivity contribution in [3.63, 3.8) is 0 Å². The summed E-state index contributed by atoms with van der Waals surface area (Å²) in [5.41, 5.74) is 0.736. The van der Waals surface area contributed by atoms with Gasteiger partial charge in [0, 0.05) is 22.3 Å². The van der Waals surface area contributed by atoms with Crippen molar-refractivity contribution in [2.24, 2.45) is 5.92 Å². The highest BCUT2D eigenvalue weighted by Gasteiger charge is 2.23. The van der Waals surface area contributed by atoms with Crippen LogP contribution in [0.5, 0.6) is 0 Å². The van der Waals surface area contributed by atoms with Gasteiger partial charge in [-0.2, -0.15) is 0 Å². The quantitative estimate of drug-likeness (QED) is 0.823. The van der Waals surface area contributed by atoms with Crippen LogP contribution in [-0.4, -0.2) is 17.3 Å². The Hall–Kier alpha value is -0.380. The second kappa shape index (κ2) is 6.18. The van der Waals surface area contributed by atoms with Crippen molar-refractivity contribution in [1.29, 1.82) is 0 Å².